The smallest absolute Gasteiger partial charge is 0.136 e. The van der Waals surface area contributed by atoms with Gasteiger partial charge in [-0.2, -0.15) is 0 Å². The highest BCUT2D eigenvalue weighted by atomic mass is 79.9. The van der Waals surface area contributed by atoms with Gasteiger partial charge in [-0.05, 0) is 35.9 Å². The minimum atomic E-state index is -0.132. The Morgan fingerprint density at radius 2 is 1.72 bits per heavy atom. The van der Waals surface area contributed by atoms with Crippen LogP contribution in [0.15, 0.2) is 57.5 Å². The van der Waals surface area contributed by atoms with Crippen molar-refractivity contribution in [2.45, 2.75) is 6.10 Å². The summed E-state index contributed by atoms with van der Waals surface area (Å²) in [7, 11) is 0. The Morgan fingerprint density at radius 1 is 1.00 bits per heavy atom. The van der Waals surface area contributed by atoms with E-state index in [1.807, 2.05) is 48.5 Å². The number of benzene rings is 2. The van der Waals surface area contributed by atoms with Crippen LogP contribution in [-0.2, 0) is 0 Å². The molecule has 18 heavy (non-hydrogen) atoms. The van der Waals surface area contributed by atoms with Crippen molar-refractivity contribution in [3.63, 3.8) is 0 Å². The Bertz CT molecular complexity index is 513. The molecule has 0 aliphatic carbocycles. The first-order valence-corrected chi connectivity index (χ1v) is 7.15. The summed E-state index contributed by atoms with van der Waals surface area (Å²) in [6.45, 7) is 0.439. The molecule has 0 aromatic heterocycles. The predicted octanol–water partition coefficient (Wildman–Crippen LogP) is 4.29. The second kappa shape index (κ2) is 6.36. The van der Waals surface area contributed by atoms with E-state index in [0.717, 1.165) is 20.3 Å². The summed E-state index contributed by atoms with van der Waals surface area (Å²) in [4.78, 5) is 0. The van der Waals surface area contributed by atoms with Gasteiger partial charge in [0, 0.05) is 15.5 Å². The second-order valence-corrected chi connectivity index (χ2v) is 5.68. The molecular formula is C14H13Br2NO. The number of nitrogens with two attached hydrogens (primary N) is 1. The Morgan fingerprint density at radius 3 is 2.33 bits per heavy atom. The molecule has 0 saturated heterocycles. The van der Waals surface area contributed by atoms with Crippen molar-refractivity contribution in [2.75, 3.05) is 6.54 Å². The summed E-state index contributed by atoms with van der Waals surface area (Å²) >= 11 is 6.84. The Labute approximate surface area is 123 Å². The molecule has 1 unspecified atom stereocenters. The van der Waals surface area contributed by atoms with Gasteiger partial charge < -0.3 is 10.5 Å². The van der Waals surface area contributed by atoms with E-state index < -0.39 is 0 Å². The zero-order valence-electron chi connectivity index (χ0n) is 9.64. The maximum absolute atomic E-state index is 5.90. The van der Waals surface area contributed by atoms with Crippen LogP contribution in [0.1, 0.15) is 11.7 Å². The van der Waals surface area contributed by atoms with Gasteiger partial charge in [0.25, 0.3) is 0 Å². The quantitative estimate of drug-likeness (QED) is 0.871. The van der Waals surface area contributed by atoms with E-state index in [-0.39, 0.29) is 6.10 Å². The first kappa shape index (κ1) is 13.6. The van der Waals surface area contributed by atoms with Crippen LogP contribution in [0.2, 0.25) is 0 Å². The second-order valence-electron chi connectivity index (χ2n) is 3.85. The highest BCUT2D eigenvalue weighted by molar-refractivity contribution is 9.10. The van der Waals surface area contributed by atoms with Gasteiger partial charge in [0.05, 0.1) is 0 Å². The lowest BCUT2D eigenvalue weighted by molar-refractivity contribution is 0.214. The van der Waals surface area contributed by atoms with Crippen molar-refractivity contribution in [1.82, 2.24) is 0 Å². The molecule has 0 amide bonds. The number of hydrogen-bond donors (Lipinski definition) is 1. The van der Waals surface area contributed by atoms with E-state index in [0.29, 0.717) is 6.54 Å². The van der Waals surface area contributed by atoms with E-state index in [9.17, 15) is 0 Å². The Balaban J connectivity index is 2.17. The monoisotopic (exact) mass is 369 g/mol. The fraction of sp³-hybridized carbons (Fsp3) is 0.143. The van der Waals surface area contributed by atoms with E-state index >= 15 is 0 Å². The van der Waals surface area contributed by atoms with Crippen molar-refractivity contribution in [3.05, 3.63) is 63.0 Å². The topological polar surface area (TPSA) is 35.2 Å². The highest BCUT2D eigenvalue weighted by Gasteiger charge is 2.11. The summed E-state index contributed by atoms with van der Waals surface area (Å²) in [6.07, 6.45) is -0.132. The molecule has 0 fully saturated rings. The van der Waals surface area contributed by atoms with Crippen LogP contribution in [-0.4, -0.2) is 6.54 Å². The first-order chi connectivity index (χ1) is 8.69. The average molecular weight is 371 g/mol. The number of ether oxygens (including phenoxy) is 1. The molecule has 0 aliphatic rings. The van der Waals surface area contributed by atoms with Gasteiger partial charge in [0.1, 0.15) is 11.9 Å². The summed E-state index contributed by atoms with van der Waals surface area (Å²) in [5.41, 5.74) is 6.85. The van der Waals surface area contributed by atoms with E-state index in [4.69, 9.17) is 10.5 Å². The van der Waals surface area contributed by atoms with Gasteiger partial charge in [-0.15, -0.1) is 0 Å². The molecular weight excluding hydrogens is 358 g/mol. The average Bonchev–Trinajstić information content (AvgIpc) is 2.37. The molecule has 0 heterocycles. The lowest BCUT2D eigenvalue weighted by Crippen LogP contribution is -2.18. The van der Waals surface area contributed by atoms with Crippen LogP contribution in [0.25, 0.3) is 0 Å². The Hall–Kier alpha value is -0.840. The minimum absolute atomic E-state index is 0.132. The van der Waals surface area contributed by atoms with E-state index in [2.05, 4.69) is 31.9 Å². The SMILES string of the molecule is NCC(Oc1cccc(Br)c1)c1ccc(Br)cc1. The third-order valence-corrected chi connectivity index (χ3v) is 3.55. The minimum Gasteiger partial charge on any atom is -0.484 e. The lowest BCUT2D eigenvalue weighted by atomic mass is 10.1. The van der Waals surface area contributed by atoms with Crippen molar-refractivity contribution < 1.29 is 4.74 Å². The zero-order valence-corrected chi connectivity index (χ0v) is 12.8. The van der Waals surface area contributed by atoms with Gasteiger partial charge in [-0.3, -0.25) is 0 Å². The summed E-state index contributed by atoms with van der Waals surface area (Å²) in [5.74, 6) is 0.808. The molecule has 2 nitrogen and oxygen atoms in total. The molecule has 94 valence electrons. The first-order valence-electron chi connectivity index (χ1n) is 5.57. The Kier molecular flexibility index (Phi) is 4.80. The van der Waals surface area contributed by atoms with Crippen LogP contribution in [0.5, 0.6) is 5.75 Å². The van der Waals surface area contributed by atoms with Gasteiger partial charge >= 0.3 is 0 Å². The van der Waals surface area contributed by atoms with E-state index in [1.165, 1.54) is 0 Å². The summed E-state index contributed by atoms with van der Waals surface area (Å²) in [6, 6.07) is 15.8. The standard InChI is InChI=1S/C14H13Br2NO/c15-11-6-4-10(5-7-11)14(9-17)18-13-3-1-2-12(16)8-13/h1-8,14H,9,17H2. The van der Waals surface area contributed by atoms with Gasteiger partial charge in [0.15, 0.2) is 0 Å². The van der Waals surface area contributed by atoms with Gasteiger partial charge in [0.2, 0.25) is 0 Å². The fourth-order valence-electron chi connectivity index (χ4n) is 1.63. The molecule has 0 bridgehead atoms. The maximum atomic E-state index is 5.90. The van der Waals surface area contributed by atoms with Crippen LogP contribution >= 0.6 is 31.9 Å². The van der Waals surface area contributed by atoms with Crippen LogP contribution < -0.4 is 10.5 Å². The summed E-state index contributed by atoms with van der Waals surface area (Å²) < 4.78 is 7.94. The van der Waals surface area contributed by atoms with Crippen LogP contribution in [0, 0.1) is 0 Å². The zero-order chi connectivity index (χ0) is 13.0. The molecule has 2 aromatic carbocycles. The van der Waals surface area contributed by atoms with Crippen molar-refractivity contribution in [3.8, 4) is 5.75 Å². The number of hydrogen-bond acceptors (Lipinski definition) is 2. The molecule has 1 atom stereocenters. The molecule has 0 radical (unpaired) electrons. The van der Waals surface area contributed by atoms with E-state index in [1.54, 1.807) is 0 Å². The molecule has 0 aliphatic heterocycles. The fourth-order valence-corrected chi connectivity index (χ4v) is 2.28. The third-order valence-electron chi connectivity index (χ3n) is 2.53. The molecule has 2 rings (SSSR count). The molecule has 2 N–H and O–H groups in total. The molecule has 0 spiro atoms. The molecule has 2 aromatic rings. The predicted molar refractivity (Wildman–Crippen MR) is 80.7 cm³/mol. The third kappa shape index (κ3) is 3.57. The highest BCUT2D eigenvalue weighted by Crippen LogP contribution is 2.25. The summed E-state index contributed by atoms with van der Waals surface area (Å²) in [5, 5.41) is 0. The number of rotatable bonds is 4. The molecule has 0 saturated carbocycles. The van der Waals surface area contributed by atoms with Crippen LogP contribution in [0.4, 0.5) is 0 Å². The van der Waals surface area contributed by atoms with Crippen LogP contribution in [0.3, 0.4) is 0 Å². The largest absolute Gasteiger partial charge is 0.484 e. The lowest BCUT2D eigenvalue weighted by Gasteiger charge is -2.18. The van der Waals surface area contributed by atoms with Crippen molar-refractivity contribution in [2.24, 2.45) is 5.73 Å². The van der Waals surface area contributed by atoms with Gasteiger partial charge in [-0.25, -0.2) is 0 Å². The number of halogens is 2. The van der Waals surface area contributed by atoms with Gasteiger partial charge in [-0.1, -0.05) is 50.1 Å². The molecule has 4 heteroatoms. The van der Waals surface area contributed by atoms with Crippen molar-refractivity contribution >= 4 is 31.9 Å². The van der Waals surface area contributed by atoms with Crippen molar-refractivity contribution in [1.29, 1.82) is 0 Å². The maximum Gasteiger partial charge on any atom is 0.136 e. The normalized spacial score (nSPS) is 12.2.